The normalized spacial score (nSPS) is 9.62. The maximum Gasteiger partial charge on any atom is 0.224 e. The highest BCUT2D eigenvalue weighted by Crippen LogP contribution is 2.18. The van der Waals surface area contributed by atoms with E-state index in [1.165, 1.54) is 6.20 Å². The molecule has 1 aromatic heterocycles. The molecule has 4 N–H and O–H groups in total. The molecule has 0 aliphatic rings. The lowest BCUT2D eigenvalue weighted by Crippen LogP contribution is -2.06. The summed E-state index contributed by atoms with van der Waals surface area (Å²) in [5, 5.41) is 15.6. The van der Waals surface area contributed by atoms with Crippen molar-refractivity contribution in [3.05, 3.63) is 17.8 Å². The van der Waals surface area contributed by atoms with Crippen LogP contribution in [-0.2, 0) is 0 Å². The molecule has 0 saturated carbocycles. The highest BCUT2D eigenvalue weighted by molar-refractivity contribution is 5.87. The van der Waals surface area contributed by atoms with Crippen molar-refractivity contribution in [1.82, 2.24) is 4.98 Å². The number of aliphatic hydroxyl groups excluding tert-OH is 1. The minimum absolute atomic E-state index is 0.0894. The van der Waals surface area contributed by atoms with Crippen LogP contribution in [0.2, 0.25) is 0 Å². The van der Waals surface area contributed by atoms with Gasteiger partial charge in [0, 0.05) is 18.1 Å². The van der Waals surface area contributed by atoms with Crippen LogP contribution in [0.15, 0.2) is 12.3 Å². The summed E-state index contributed by atoms with van der Waals surface area (Å²) in [4.78, 5) is 3.88. The molecule has 0 bridgehead atoms. The van der Waals surface area contributed by atoms with Gasteiger partial charge in [-0.25, -0.2) is 4.98 Å². The van der Waals surface area contributed by atoms with E-state index in [2.05, 4.69) is 4.98 Å². The molecular formula is C8H11N3O2. The predicted molar refractivity (Wildman–Crippen MR) is 49.1 cm³/mol. The quantitative estimate of drug-likeness (QED) is 0.571. The molecule has 0 aliphatic heterocycles. The Kier molecular flexibility index (Phi) is 3.22. The lowest BCUT2D eigenvalue weighted by atomic mass is 10.2. The van der Waals surface area contributed by atoms with Gasteiger partial charge in [0.15, 0.2) is 0 Å². The van der Waals surface area contributed by atoms with Crippen LogP contribution in [0.1, 0.15) is 5.56 Å². The number of nitrogen functional groups attached to an aromatic ring is 1. The number of anilines is 1. The van der Waals surface area contributed by atoms with E-state index in [9.17, 15) is 0 Å². The zero-order chi connectivity index (χ0) is 9.68. The Morgan fingerprint density at radius 3 is 3.08 bits per heavy atom. The zero-order valence-electron chi connectivity index (χ0n) is 7.03. The van der Waals surface area contributed by atoms with Crippen molar-refractivity contribution >= 4 is 11.9 Å². The fraction of sp³-hybridized carbons (Fsp3) is 0.250. The van der Waals surface area contributed by atoms with E-state index < -0.39 is 0 Å². The summed E-state index contributed by atoms with van der Waals surface area (Å²) in [7, 11) is 0. The Labute approximate surface area is 75.7 Å². The van der Waals surface area contributed by atoms with Gasteiger partial charge in [0.2, 0.25) is 5.88 Å². The molecule has 0 saturated heterocycles. The van der Waals surface area contributed by atoms with Crippen LogP contribution in [0.5, 0.6) is 5.88 Å². The van der Waals surface area contributed by atoms with Crippen LogP contribution in [-0.4, -0.2) is 29.5 Å². The summed E-state index contributed by atoms with van der Waals surface area (Å²) in [5.74, 6) is 0.282. The maximum absolute atomic E-state index is 8.52. The van der Waals surface area contributed by atoms with E-state index in [1.807, 2.05) is 0 Å². The molecule has 0 unspecified atom stereocenters. The van der Waals surface area contributed by atoms with Crippen molar-refractivity contribution in [1.29, 1.82) is 5.41 Å². The average Bonchev–Trinajstić information content (AvgIpc) is 2.15. The third kappa shape index (κ3) is 2.16. The number of nitrogens with two attached hydrogens (primary N) is 1. The fourth-order valence-corrected chi connectivity index (χ4v) is 0.870. The van der Waals surface area contributed by atoms with Gasteiger partial charge in [-0.2, -0.15) is 0 Å². The highest BCUT2D eigenvalue weighted by atomic mass is 16.5. The molecule has 0 radical (unpaired) electrons. The summed E-state index contributed by atoms with van der Waals surface area (Å²) in [5.41, 5.74) is 6.45. The van der Waals surface area contributed by atoms with E-state index in [0.29, 0.717) is 11.3 Å². The molecular weight excluding hydrogens is 170 g/mol. The molecule has 0 aliphatic carbocycles. The SMILES string of the molecule is N=Cc1c(N)ccnc1OCCO. The van der Waals surface area contributed by atoms with E-state index in [-0.39, 0.29) is 19.1 Å². The van der Waals surface area contributed by atoms with Crippen LogP contribution < -0.4 is 10.5 Å². The Hall–Kier alpha value is -1.62. The molecule has 0 spiro atoms. The van der Waals surface area contributed by atoms with Gasteiger partial charge < -0.3 is 21.0 Å². The first kappa shape index (κ1) is 9.47. The molecule has 0 fully saturated rings. The monoisotopic (exact) mass is 181 g/mol. The highest BCUT2D eigenvalue weighted by Gasteiger charge is 2.05. The lowest BCUT2D eigenvalue weighted by Gasteiger charge is -2.07. The van der Waals surface area contributed by atoms with E-state index in [1.54, 1.807) is 6.07 Å². The Morgan fingerprint density at radius 2 is 2.46 bits per heavy atom. The van der Waals surface area contributed by atoms with E-state index in [4.69, 9.17) is 21.0 Å². The van der Waals surface area contributed by atoms with Crippen molar-refractivity contribution in [3.8, 4) is 5.88 Å². The number of nitrogens with one attached hydrogen (secondary N) is 1. The standard InChI is InChI=1S/C8H11N3O2/c9-5-6-7(10)1-2-11-8(6)13-4-3-12/h1-2,5,9,12H,3-4H2,(H2,10,11). The van der Waals surface area contributed by atoms with E-state index >= 15 is 0 Å². The first-order valence-electron chi connectivity index (χ1n) is 3.78. The summed E-state index contributed by atoms with van der Waals surface area (Å²) in [6.07, 6.45) is 2.57. The van der Waals surface area contributed by atoms with Gasteiger partial charge in [0.1, 0.15) is 6.61 Å². The first-order chi connectivity index (χ1) is 6.29. The lowest BCUT2D eigenvalue weighted by molar-refractivity contribution is 0.196. The number of rotatable bonds is 4. The second kappa shape index (κ2) is 4.42. The van der Waals surface area contributed by atoms with Gasteiger partial charge in [-0.3, -0.25) is 0 Å². The van der Waals surface area contributed by atoms with Gasteiger partial charge in [0.25, 0.3) is 0 Å². The third-order valence-corrected chi connectivity index (χ3v) is 1.46. The second-order valence-electron chi connectivity index (χ2n) is 2.34. The Bertz CT molecular complexity index is 301. The molecule has 70 valence electrons. The molecule has 1 heterocycles. The van der Waals surface area contributed by atoms with Gasteiger partial charge >= 0.3 is 0 Å². The number of hydrogen-bond acceptors (Lipinski definition) is 5. The average molecular weight is 181 g/mol. The van der Waals surface area contributed by atoms with Crippen molar-refractivity contribution in [2.24, 2.45) is 0 Å². The topological polar surface area (TPSA) is 92.2 Å². The Balaban J connectivity index is 2.91. The van der Waals surface area contributed by atoms with Crippen LogP contribution in [0.4, 0.5) is 5.69 Å². The van der Waals surface area contributed by atoms with E-state index in [0.717, 1.165) is 6.21 Å². The minimum Gasteiger partial charge on any atom is -0.475 e. The molecule has 1 rings (SSSR count). The molecule has 0 amide bonds. The smallest absolute Gasteiger partial charge is 0.224 e. The summed E-state index contributed by atoms with van der Waals surface area (Å²) in [6.45, 7) is 0.0607. The molecule has 5 heteroatoms. The largest absolute Gasteiger partial charge is 0.475 e. The van der Waals surface area contributed by atoms with Gasteiger partial charge in [0.05, 0.1) is 12.2 Å². The summed E-state index contributed by atoms with van der Waals surface area (Å²) >= 11 is 0. The van der Waals surface area contributed by atoms with Gasteiger partial charge in [-0.1, -0.05) is 0 Å². The number of pyridine rings is 1. The van der Waals surface area contributed by atoms with Crippen molar-refractivity contribution < 1.29 is 9.84 Å². The molecule has 0 atom stereocenters. The number of ether oxygens (including phenoxy) is 1. The summed E-state index contributed by atoms with van der Waals surface area (Å²) < 4.78 is 5.07. The van der Waals surface area contributed by atoms with Crippen molar-refractivity contribution in [3.63, 3.8) is 0 Å². The minimum atomic E-state index is -0.0894. The Morgan fingerprint density at radius 1 is 1.69 bits per heavy atom. The number of nitrogens with zero attached hydrogens (tertiary/aromatic N) is 1. The van der Waals surface area contributed by atoms with Crippen molar-refractivity contribution in [2.45, 2.75) is 0 Å². The van der Waals surface area contributed by atoms with Crippen LogP contribution in [0.3, 0.4) is 0 Å². The number of aliphatic hydroxyl groups is 1. The van der Waals surface area contributed by atoms with Crippen molar-refractivity contribution in [2.75, 3.05) is 18.9 Å². The number of hydrogen-bond donors (Lipinski definition) is 3. The fourth-order valence-electron chi connectivity index (χ4n) is 0.870. The van der Waals surface area contributed by atoms with Crippen LogP contribution >= 0.6 is 0 Å². The van der Waals surface area contributed by atoms with Crippen LogP contribution in [0, 0.1) is 5.41 Å². The first-order valence-corrected chi connectivity index (χ1v) is 3.78. The molecule has 5 nitrogen and oxygen atoms in total. The number of aromatic nitrogens is 1. The van der Waals surface area contributed by atoms with Gasteiger partial charge in [-0.05, 0) is 6.07 Å². The molecule has 0 aromatic carbocycles. The second-order valence-corrected chi connectivity index (χ2v) is 2.34. The molecule has 1 aromatic rings. The zero-order valence-corrected chi connectivity index (χ0v) is 7.03. The summed E-state index contributed by atoms with van der Waals surface area (Å²) in [6, 6.07) is 1.59. The maximum atomic E-state index is 8.52. The molecule has 13 heavy (non-hydrogen) atoms. The third-order valence-electron chi connectivity index (χ3n) is 1.46. The van der Waals surface area contributed by atoms with Crippen LogP contribution in [0.25, 0.3) is 0 Å². The van der Waals surface area contributed by atoms with Gasteiger partial charge in [-0.15, -0.1) is 0 Å². The predicted octanol–water partition coefficient (Wildman–Crippen LogP) is 0.0326.